The van der Waals surface area contributed by atoms with Crippen molar-refractivity contribution in [2.75, 3.05) is 7.05 Å². The normalized spacial score (nSPS) is 10.8. The molecular weight excluding hydrogens is 358 g/mol. The minimum Gasteiger partial charge on any atom is -0.489 e. The van der Waals surface area contributed by atoms with Crippen molar-refractivity contribution in [2.24, 2.45) is 0 Å². The summed E-state index contributed by atoms with van der Waals surface area (Å²) in [7, 11) is 1.82. The van der Waals surface area contributed by atoms with Crippen molar-refractivity contribution in [3.05, 3.63) is 69.2 Å². The highest BCUT2D eigenvalue weighted by molar-refractivity contribution is 7.12. The first-order valence-electron chi connectivity index (χ1n) is 9.01. The first-order valence-corrected chi connectivity index (χ1v) is 9.89. The van der Waals surface area contributed by atoms with E-state index in [4.69, 9.17) is 4.74 Å². The number of amides is 1. The van der Waals surface area contributed by atoms with Crippen molar-refractivity contribution in [3.8, 4) is 5.75 Å². The number of carbonyl (C=O) groups is 1. The van der Waals surface area contributed by atoms with Crippen LogP contribution in [0.3, 0.4) is 0 Å². The molecular formula is C21H25N3O2S. The molecule has 2 aromatic heterocycles. The third-order valence-corrected chi connectivity index (χ3v) is 5.28. The van der Waals surface area contributed by atoms with Gasteiger partial charge in [-0.3, -0.25) is 9.48 Å². The van der Waals surface area contributed by atoms with Crippen molar-refractivity contribution in [1.29, 1.82) is 0 Å². The Kier molecular flexibility index (Phi) is 5.96. The van der Waals surface area contributed by atoms with E-state index in [0.717, 1.165) is 28.4 Å². The first kappa shape index (κ1) is 19.2. The van der Waals surface area contributed by atoms with Crippen LogP contribution in [0.4, 0.5) is 0 Å². The summed E-state index contributed by atoms with van der Waals surface area (Å²) < 4.78 is 7.80. The van der Waals surface area contributed by atoms with Gasteiger partial charge in [-0.1, -0.05) is 6.07 Å². The van der Waals surface area contributed by atoms with Gasteiger partial charge < -0.3 is 9.64 Å². The molecule has 0 N–H and O–H groups in total. The topological polar surface area (TPSA) is 47.4 Å². The largest absolute Gasteiger partial charge is 0.489 e. The number of aryl methyl sites for hydroxylation is 3. The van der Waals surface area contributed by atoms with E-state index < -0.39 is 0 Å². The summed E-state index contributed by atoms with van der Waals surface area (Å²) in [6, 6.07) is 10.0. The molecule has 3 rings (SSSR count). The van der Waals surface area contributed by atoms with Crippen LogP contribution >= 0.6 is 11.3 Å². The van der Waals surface area contributed by atoms with E-state index in [9.17, 15) is 4.79 Å². The third-order valence-electron chi connectivity index (χ3n) is 4.32. The Hall–Kier alpha value is -2.60. The monoisotopic (exact) mass is 383 g/mol. The second-order valence-electron chi connectivity index (χ2n) is 6.73. The van der Waals surface area contributed by atoms with Gasteiger partial charge in [0, 0.05) is 25.4 Å². The maximum absolute atomic E-state index is 12.7. The minimum atomic E-state index is 0.0153. The molecule has 0 aliphatic heterocycles. The fourth-order valence-corrected chi connectivity index (χ4v) is 3.92. The fourth-order valence-electron chi connectivity index (χ4n) is 3.03. The minimum absolute atomic E-state index is 0.0153. The molecule has 0 saturated carbocycles. The third kappa shape index (κ3) is 4.77. The van der Waals surface area contributed by atoms with Gasteiger partial charge in [-0.15, -0.1) is 11.3 Å². The summed E-state index contributed by atoms with van der Waals surface area (Å²) in [6.45, 7) is 7.95. The second-order valence-corrected chi connectivity index (χ2v) is 7.64. The molecule has 0 fully saturated rings. The van der Waals surface area contributed by atoms with Crippen LogP contribution in [0.25, 0.3) is 0 Å². The maximum atomic E-state index is 12.7. The van der Waals surface area contributed by atoms with Gasteiger partial charge in [0.2, 0.25) is 0 Å². The Morgan fingerprint density at radius 2 is 1.96 bits per heavy atom. The number of rotatable bonds is 7. The maximum Gasteiger partial charge on any atom is 0.264 e. The van der Waals surface area contributed by atoms with Crippen LogP contribution in [0.1, 0.15) is 39.0 Å². The Labute approximate surface area is 164 Å². The van der Waals surface area contributed by atoms with Crippen LogP contribution < -0.4 is 4.74 Å². The first-order chi connectivity index (χ1) is 13.0. The summed E-state index contributed by atoms with van der Waals surface area (Å²) in [4.78, 5) is 15.2. The molecule has 142 valence electrons. The molecule has 1 aromatic carbocycles. The van der Waals surface area contributed by atoms with Gasteiger partial charge in [0.15, 0.2) is 0 Å². The molecule has 5 nitrogen and oxygen atoms in total. The van der Waals surface area contributed by atoms with E-state index in [1.54, 1.807) is 11.1 Å². The lowest BCUT2D eigenvalue weighted by Crippen LogP contribution is -2.26. The van der Waals surface area contributed by atoms with Crippen molar-refractivity contribution < 1.29 is 9.53 Å². The molecule has 0 aliphatic carbocycles. The van der Waals surface area contributed by atoms with Crippen LogP contribution in [0.2, 0.25) is 0 Å². The van der Waals surface area contributed by atoms with Crippen molar-refractivity contribution in [1.82, 2.24) is 14.7 Å². The van der Waals surface area contributed by atoms with Crippen LogP contribution in [-0.4, -0.2) is 27.6 Å². The van der Waals surface area contributed by atoms with Gasteiger partial charge in [-0.2, -0.15) is 5.10 Å². The Bertz CT molecular complexity index is 909. The fraction of sp³-hybridized carbons (Fsp3) is 0.333. The van der Waals surface area contributed by atoms with Crippen molar-refractivity contribution >= 4 is 17.2 Å². The number of thiophene rings is 1. The van der Waals surface area contributed by atoms with Crippen LogP contribution in [0.15, 0.2) is 41.9 Å². The smallest absolute Gasteiger partial charge is 0.264 e. The number of nitrogens with zero attached hydrogens (tertiary/aromatic N) is 3. The van der Waals surface area contributed by atoms with Gasteiger partial charge in [0.05, 0.1) is 17.1 Å². The Morgan fingerprint density at radius 1 is 1.22 bits per heavy atom. The molecule has 0 atom stereocenters. The van der Waals surface area contributed by atoms with Crippen LogP contribution in [0, 0.1) is 13.8 Å². The summed E-state index contributed by atoms with van der Waals surface area (Å²) >= 11 is 1.46. The average Bonchev–Trinajstić information content (AvgIpc) is 3.27. The van der Waals surface area contributed by atoms with Gasteiger partial charge >= 0.3 is 0 Å². The van der Waals surface area contributed by atoms with Gasteiger partial charge in [0.1, 0.15) is 12.4 Å². The zero-order chi connectivity index (χ0) is 19.4. The molecule has 0 radical (unpaired) electrons. The molecule has 6 heteroatoms. The SMILES string of the molecule is CCn1nccc1CN(C)C(=O)c1cc(COc2cc(C)cc(C)c2)cs1. The van der Waals surface area contributed by atoms with E-state index in [2.05, 4.69) is 25.0 Å². The zero-order valence-electron chi connectivity index (χ0n) is 16.2. The average molecular weight is 384 g/mol. The highest BCUT2D eigenvalue weighted by Gasteiger charge is 2.16. The summed E-state index contributed by atoms with van der Waals surface area (Å²) in [5.41, 5.74) is 4.40. The number of benzene rings is 1. The van der Waals surface area contributed by atoms with Crippen LogP contribution in [-0.2, 0) is 19.7 Å². The lowest BCUT2D eigenvalue weighted by molar-refractivity contribution is 0.0786. The van der Waals surface area contributed by atoms with Crippen molar-refractivity contribution in [2.45, 2.75) is 40.5 Å². The quantitative estimate of drug-likeness (QED) is 0.606. The molecule has 1 amide bonds. The summed E-state index contributed by atoms with van der Waals surface area (Å²) in [5, 5.41) is 6.24. The number of hydrogen-bond donors (Lipinski definition) is 0. The number of hydrogen-bond acceptors (Lipinski definition) is 4. The molecule has 0 bridgehead atoms. The molecule has 2 heterocycles. The molecule has 0 saturated heterocycles. The van der Waals surface area contributed by atoms with E-state index in [-0.39, 0.29) is 5.91 Å². The Morgan fingerprint density at radius 3 is 2.67 bits per heavy atom. The predicted molar refractivity (Wildman–Crippen MR) is 108 cm³/mol. The lowest BCUT2D eigenvalue weighted by Gasteiger charge is -2.16. The predicted octanol–water partition coefficient (Wildman–Crippen LogP) is 4.43. The van der Waals surface area contributed by atoms with E-state index in [0.29, 0.717) is 13.2 Å². The summed E-state index contributed by atoms with van der Waals surface area (Å²) in [6.07, 6.45) is 1.77. The van der Waals surface area contributed by atoms with Crippen molar-refractivity contribution in [3.63, 3.8) is 0 Å². The highest BCUT2D eigenvalue weighted by atomic mass is 32.1. The number of carbonyl (C=O) groups excluding carboxylic acids is 1. The standard InChI is InChI=1S/C21H25N3O2S/c1-5-24-18(6-7-22-24)12-23(4)21(25)20-11-17(14-27-20)13-26-19-9-15(2)8-16(3)10-19/h6-11,14H,5,12-13H2,1-4H3. The van der Waals surface area contributed by atoms with Gasteiger partial charge in [0.25, 0.3) is 5.91 Å². The number of aromatic nitrogens is 2. The molecule has 0 unspecified atom stereocenters. The van der Waals surface area contributed by atoms with Crippen LogP contribution in [0.5, 0.6) is 5.75 Å². The number of ether oxygens (including phenoxy) is 1. The van der Waals surface area contributed by atoms with Gasteiger partial charge in [-0.25, -0.2) is 0 Å². The lowest BCUT2D eigenvalue weighted by atomic mass is 10.1. The van der Waals surface area contributed by atoms with Gasteiger partial charge in [-0.05, 0) is 61.5 Å². The molecule has 27 heavy (non-hydrogen) atoms. The van der Waals surface area contributed by atoms with E-state index >= 15 is 0 Å². The molecule has 0 aliphatic rings. The highest BCUT2D eigenvalue weighted by Crippen LogP contribution is 2.21. The zero-order valence-corrected chi connectivity index (χ0v) is 17.0. The van der Waals surface area contributed by atoms with E-state index in [1.165, 1.54) is 22.5 Å². The molecule has 0 spiro atoms. The van der Waals surface area contributed by atoms with E-state index in [1.807, 2.05) is 48.3 Å². The second kappa shape index (κ2) is 8.39. The molecule has 3 aromatic rings. The summed E-state index contributed by atoms with van der Waals surface area (Å²) in [5.74, 6) is 0.873. The Balaban J connectivity index is 1.61.